The van der Waals surface area contributed by atoms with Gasteiger partial charge < -0.3 is 14.6 Å². The van der Waals surface area contributed by atoms with Gasteiger partial charge in [-0.05, 0) is 76.3 Å². The van der Waals surface area contributed by atoms with Crippen molar-refractivity contribution in [3.05, 3.63) is 41.9 Å². The molecule has 0 bridgehead atoms. The monoisotopic (exact) mass is 492 g/mol. The number of hydrogen-bond acceptors (Lipinski definition) is 4. The summed E-state index contributed by atoms with van der Waals surface area (Å²) in [5.41, 5.74) is 2.89. The van der Waals surface area contributed by atoms with Crippen molar-refractivity contribution in [1.82, 2.24) is 19.8 Å². The lowest BCUT2D eigenvalue weighted by Gasteiger charge is -2.34. The molecule has 3 aliphatic rings. The number of likely N-dealkylation sites (tertiary alicyclic amines) is 2. The van der Waals surface area contributed by atoms with Crippen LogP contribution in [0.3, 0.4) is 0 Å². The van der Waals surface area contributed by atoms with E-state index in [4.69, 9.17) is 4.74 Å². The van der Waals surface area contributed by atoms with Crippen LogP contribution in [0, 0.1) is 5.92 Å². The fourth-order valence-corrected chi connectivity index (χ4v) is 6.04. The number of H-pyrrole nitrogens is 1. The number of piperidine rings is 1. The first-order valence-electron chi connectivity index (χ1n) is 13.7. The fourth-order valence-electron chi connectivity index (χ4n) is 6.04. The topological polar surface area (TPSA) is 78.5 Å². The van der Waals surface area contributed by atoms with E-state index in [1.165, 1.54) is 18.4 Å². The summed E-state index contributed by atoms with van der Waals surface area (Å²) in [7, 11) is 0. The number of nitrogens with one attached hydrogen (secondary N) is 1. The van der Waals surface area contributed by atoms with Gasteiger partial charge in [0.15, 0.2) is 0 Å². The number of amides is 2. The van der Waals surface area contributed by atoms with Gasteiger partial charge in [-0.15, -0.1) is 0 Å². The molecule has 0 spiro atoms. The molecule has 2 saturated heterocycles. The zero-order valence-corrected chi connectivity index (χ0v) is 22.0. The van der Waals surface area contributed by atoms with E-state index in [9.17, 15) is 9.59 Å². The minimum atomic E-state index is -0.512. The number of carbonyl (C=O) groups excluding carboxylic acids is 2. The lowest BCUT2D eigenvalue weighted by molar-refractivity contribution is -0.136. The third-order valence-electron chi connectivity index (χ3n) is 8.00. The predicted molar refractivity (Wildman–Crippen MR) is 139 cm³/mol. The van der Waals surface area contributed by atoms with Gasteiger partial charge in [0.05, 0.1) is 17.9 Å². The maximum absolute atomic E-state index is 12.7. The number of rotatable bonds is 4. The molecular weight excluding hydrogens is 452 g/mol. The van der Waals surface area contributed by atoms with Crippen LogP contribution in [-0.4, -0.2) is 57.0 Å². The fraction of sp³-hybridized carbons (Fsp3) is 0.621. The molecule has 3 fully saturated rings. The van der Waals surface area contributed by atoms with Crippen LogP contribution >= 0.6 is 0 Å². The van der Waals surface area contributed by atoms with Crippen LogP contribution in [0.4, 0.5) is 4.79 Å². The Morgan fingerprint density at radius 2 is 1.64 bits per heavy atom. The Morgan fingerprint density at radius 3 is 2.31 bits per heavy atom. The van der Waals surface area contributed by atoms with Crippen LogP contribution in [0.2, 0.25) is 0 Å². The molecule has 1 saturated carbocycles. The number of benzene rings is 1. The van der Waals surface area contributed by atoms with E-state index < -0.39 is 5.60 Å². The third-order valence-corrected chi connectivity index (χ3v) is 8.00. The van der Waals surface area contributed by atoms with Crippen LogP contribution in [-0.2, 0) is 9.53 Å². The standard InChI is InChI=1S/C29H40N4O3/c1-29(2,3)36-28(35)33-16-6-9-25(33)26-30-19-24(31-26)22-12-10-20(11-13-22)21-14-17-32(18-15-21)27(34)23-7-4-5-8-23/h10-13,19,21,23,25H,4-9,14-18H2,1-3H3,(H,30,31)/t25-/m0/s1. The summed E-state index contributed by atoms with van der Waals surface area (Å²) >= 11 is 0. The van der Waals surface area contributed by atoms with Crippen molar-refractivity contribution >= 4 is 12.0 Å². The molecule has 2 aromatic rings. The summed E-state index contributed by atoms with van der Waals surface area (Å²) < 4.78 is 5.60. The third kappa shape index (κ3) is 5.45. The summed E-state index contributed by atoms with van der Waals surface area (Å²) in [5, 5.41) is 0. The molecule has 194 valence electrons. The molecule has 36 heavy (non-hydrogen) atoms. The molecule has 1 aromatic heterocycles. The second kappa shape index (κ2) is 10.3. The van der Waals surface area contributed by atoms with E-state index in [0.717, 1.165) is 68.7 Å². The molecule has 1 N–H and O–H groups in total. The van der Waals surface area contributed by atoms with Crippen molar-refractivity contribution in [3.63, 3.8) is 0 Å². The van der Waals surface area contributed by atoms with Crippen LogP contribution in [0.1, 0.15) is 95.5 Å². The Bertz CT molecular complexity index is 1060. The summed E-state index contributed by atoms with van der Waals surface area (Å²) in [6.07, 6.45) is 10.1. The first-order valence-corrected chi connectivity index (χ1v) is 13.7. The highest BCUT2D eigenvalue weighted by molar-refractivity contribution is 5.79. The zero-order valence-electron chi connectivity index (χ0n) is 22.0. The summed E-state index contributed by atoms with van der Waals surface area (Å²) in [4.78, 5) is 37.4. The smallest absolute Gasteiger partial charge is 0.410 e. The van der Waals surface area contributed by atoms with Crippen molar-refractivity contribution in [3.8, 4) is 11.3 Å². The molecule has 2 aliphatic heterocycles. The van der Waals surface area contributed by atoms with Crippen LogP contribution in [0.5, 0.6) is 0 Å². The Balaban J connectivity index is 1.19. The van der Waals surface area contributed by atoms with Crippen LogP contribution in [0.15, 0.2) is 30.5 Å². The number of carbonyl (C=O) groups is 2. The molecule has 1 aliphatic carbocycles. The second-order valence-corrected chi connectivity index (χ2v) is 11.7. The minimum Gasteiger partial charge on any atom is -0.444 e. The molecule has 1 atom stereocenters. The number of hydrogen-bond donors (Lipinski definition) is 1. The molecule has 2 amide bonds. The van der Waals surface area contributed by atoms with E-state index in [-0.39, 0.29) is 18.1 Å². The lowest BCUT2D eigenvalue weighted by Crippen LogP contribution is -2.40. The molecule has 0 radical (unpaired) electrons. The first kappa shape index (κ1) is 24.8. The molecule has 7 heteroatoms. The van der Waals surface area contributed by atoms with Crippen molar-refractivity contribution in [2.45, 2.75) is 89.7 Å². The van der Waals surface area contributed by atoms with E-state index in [2.05, 4.69) is 39.1 Å². The van der Waals surface area contributed by atoms with Crippen molar-refractivity contribution < 1.29 is 14.3 Å². The van der Waals surface area contributed by atoms with Gasteiger partial charge in [-0.2, -0.15) is 0 Å². The molecule has 1 aromatic carbocycles. The Kier molecular flexibility index (Phi) is 7.09. The quantitative estimate of drug-likeness (QED) is 0.564. The van der Waals surface area contributed by atoms with Crippen molar-refractivity contribution in [2.75, 3.05) is 19.6 Å². The zero-order chi connectivity index (χ0) is 25.3. The molecule has 0 unspecified atom stereocenters. The van der Waals surface area contributed by atoms with Gasteiger partial charge in [-0.1, -0.05) is 37.1 Å². The molecule has 7 nitrogen and oxygen atoms in total. The SMILES string of the molecule is CC(C)(C)OC(=O)N1CCC[C@H]1c1ncc(-c2ccc(C3CCN(C(=O)C4CCCC4)CC3)cc2)[nH]1. The molecule has 3 heterocycles. The number of imidazole rings is 1. The van der Waals surface area contributed by atoms with Gasteiger partial charge in [0.1, 0.15) is 11.4 Å². The van der Waals surface area contributed by atoms with E-state index >= 15 is 0 Å². The average molecular weight is 493 g/mol. The molecule has 5 rings (SSSR count). The summed E-state index contributed by atoms with van der Waals surface area (Å²) in [6, 6.07) is 8.67. The van der Waals surface area contributed by atoms with E-state index in [0.29, 0.717) is 18.4 Å². The lowest BCUT2D eigenvalue weighted by atomic mass is 9.88. The highest BCUT2D eigenvalue weighted by atomic mass is 16.6. The van der Waals surface area contributed by atoms with Gasteiger partial charge in [0.25, 0.3) is 0 Å². The number of ether oxygens (including phenoxy) is 1. The second-order valence-electron chi connectivity index (χ2n) is 11.7. The van der Waals surface area contributed by atoms with Gasteiger partial charge in [0, 0.05) is 25.6 Å². The Morgan fingerprint density at radius 1 is 0.944 bits per heavy atom. The number of nitrogens with zero attached hydrogens (tertiary/aromatic N) is 3. The minimum absolute atomic E-state index is 0.0787. The Hall–Kier alpha value is -2.83. The van der Waals surface area contributed by atoms with Gasteiger partial charge in [0.2, 0.25) is 5.91 Å². The molecular formula is C29H40N4O3. The highest BCUT2D eigenvalue weighted by Gasteiger charge is 2.35. The van der Waals surface area contributed by atoms with E-state index in [1.807, 2.05) is 27.0 Å². The van der Waals surface area contributed by atoms with Gasteiger partial charge >= 0.3 is 6.09 Å². The number of aromatic amines is 1. The average Bonchev–Trinajstić information content (AvgIpc) is 3.64. The summed E-state index contributed by atoms with van der Waals surface area (Å²) in [6.45, 7) is 8.12. The highest BCUT2D eigenvalue weighted by Crippen LogP contribution is 2.35. The normalized spacial score (nSPS) is 21.8. The maximum atomic E-state index is 12.7. The predicted octanol–water partition coefficient (Wildman–Crippen LogP) is 6.04. The van der Waals surface area contributed by atoms with Crippen molar-refractivity contribution in [1.29, 1.82) is 0 Å². The maximum Gasteiger partial charge on any atom is 0.410 e. The van der Waals surface area contributed by atoms with Gasteiger partial charge in [-0.25, -0.2) is 9.78 Å². The van der Waals surface area contributed by atoms with Crippen molar-refractivity contribution in [2.24, 2.45) is 5.92 Å². The Labute approximate surface area is 214 Å². The number of aromatic nitrogens is 2. The first-order chi connectivity index (χ1) is 17.3. The largest absolute Gasteiger partial charge is 0.444 e. The van der Waals surface area contributed by atoms with Crippen LogP contribution < -0.4 is 0 Å². The van der Waals surface area contributed by atoms with Crippen LogP contribution in [0.25, 0.3) is 11.3 Å². The van der Waals surface area contributed by atoms with Gasteiger partial charge in [-0.3, -0.25) is 9.69 Å². The van der Waals surface area contributed by atoms with E-state index in [1.54, 1.807) is 4.90 Å². The summed E-state index contributed by atoms with van der Waals surface area (Å²) in [5.74, 6) is 1.99.